The molecule has 0 atom stereocenters. The van der Waals surface area contributed by atoms with Gasteiger partial charge in [0.1, 0.15) is 4.60 Å². The summed E-state index contributed by atoms with van der Waals surface area (Å²) >= 11 is 8.82. The highest BCUT2D eigenvalue weighted by Crippen LogP contribution is 2.24. The number of ether oxygens (including phenoxy) is 1. The molecule has 0 amide bonds. The molecule has 0 bridgehead atoms. The van der Waals surface area contributed by atoms with Crippen LogP contribution in [0.2, 0.25) is 5.02 Å². The van der Waals surface area contributed by atoms with Crippen molar-refractivity contribution in [2.75, 3.05) is 6.61 Å². The van der Waals surface area contributed by atoms with Crippen LogP contribution in [-0.4, -0.2) is 23.8 Å². The molecule has 1 aromatic heterocycles. The Hall–Kier alpha value is -0.940. The minimum atomic E-state index is -0.632. The van der Waals surface area contributed by atoms with E-state index in [0.29, 0.717) is 6.29 Å². The number of halogens is 2. The molecule has 0 fully saturated rings. The summed E-state index contributed by atoms with van der Waals surface area (Å²) in [6, 6.07) is 0. The number of hydrogen-bond donors (Lipinski definition) is 0. The van der Waals surface area contributed by atoms with Crippen LogP contribution in [0.4, 0.5) is 0 Å². The predicted molar refractivity (Wildman–Crippen MR) is 58.3 cm³/mol. The van der Waals surface area contributed by atoms with Gasteiger partial charge < -0.3 is 4.74 Å². The lowest BCUT2D eigenvalue weighted by Crippen LogP contribution is -2.10. The predicted octanol–water partition coefficient (Wildman–Crippen LogP) is 2.49. The molecule has 1 aromatic rings. The van der Waals surface area contributed by atoms with Crippen LogP contribution in [0, 0.1) is 0 Å². The number of rotatable bonds is 3. The highest BCUT2D eigenvalue weighted by atomic mass is 79.9. The van der Waals surface area contributed by atoms with Crippen molar-refractivity contribution in [3.05, 3.63) is 26.9 Å². The Morgan fingerprint density at radius 3 is 2.93 bits per heavy atom. The Morgan fingerprint density at radius 2 is 2.40 bits per heavy atom. The van der Waals surface area contributed by atoms with E-state index in [1.54, 1.807) is 6.92 Å². The summed E-state index contributed by atoms with van der Waals surface area (Å²) in [7, 11) is 0. The van der Waals surface area contributed by atoms with Gasteiger partial charge >= 0.3 is 5.97 Å². The number of aromatic nitrogens is 1. The topological polar surface area (TPSA) is 56.3 Å². The zero-order chi connectivity index (χ0) is 11.4. The molecule has 0 unspecified atom stereocenters. The molecular formula is C9H7BrClNO3. The zero-order valence-corrected chi connectivity index (χ0v) is 10.1. The molecule has 80 valence electrons. The van der Waals surface area contributed by atoms with Gasteiger partial charge in [-0.05, 0) is 22.9 Å². The second-order valence-electron chi connectivity index (χ2n) is 2.52. The Balaban J connectivity index is 3.31. The Bertz CT molecular complexity index is 409. The lowest BCUT2D eigenvalue weighted by atomic mass is 10.1. The number of hydrogen-bond acceptors (Lipinski definition) is 4. The maximum atomic E-state index is 11.5. The average molecular weight is 293 g/mol. The molecule has 1 rings (SSSR count). The second kappa shape index (κ2) is 5.23. The zero-order valence-electron chi connectivity index (χ0n) is 7.79. The first-order valence-corrected chi connectivity index (χ1v) is 5.25. The minimum absolute atomic E-state index is 0.0374. The van der Waals surface area contributed by atoms with Crippen LogP contribution in [0.25, 0.3) is 0 Å². The molecule has 0 spiro atoms. The fourth-order valence-electron chi connectivity index (χ4n) is 0.998. The van der Waals surface area contributed by atoms with Crippen LogP contribution in [0.5, 0.6) is 0 Å². The number of nitrogens with zero attached hydrogens (tertiary/aromatic N) is 1. The molecular weight excluding hydrogens is 285 g/mol. The van der Waals surface area contributed by atoms with Crippen molar-refractivity contribution in [3.8, 4) is 0 Å². The van der Waals surface area contributed by atoms with E-state index in [-0.39, 0.29) is 27.4 Å². The Morgan fingerprint density at radius 1 is 1.73 bits per heavy atom. The SMILES string of the molecule is CCOC(=O)c1c(Cl)cnc(Br)c1C=O. The molecule has 0 aliphatic heterocycles. The molecule has 0 N–H and O–H groups in total. The van der Waals surface area contributed by atoms with Crippen LogP contribution in [-0.2, 0) is 4.74 Å². The summed E-state index contributed by atoms with van der Waals surface area (Å²) in [5, 5.41) is 0.0961. The van der Waals surface area contributed by atoms with Crippen LogP contribution in [0.1, 0.15) is 27.6 Å². The van der Waals surface area contributed by atoms with Crippen molar-refractivity contribution in [1.29, 1.82) is 0 Å². The Labute approximate surface area is 99.7 Å². The first-order valence-electron chi connectivity index (χ1n) is 4.08. The van der Waals surface area contributed by atoms with Crippen LogP contribution < -0.4 is 0 Å². The van der Waals surface area contributed by atoms with Gasteiger partial charge in [-0.2, -0.15) is 0 Å². The van der Waals surface area contributed by atoms with Crippen molar-refractivity contribution >= 4 is 39.8 Å². The van der Waals surface area contributed by atoms with Gasteiger partial charge in [0.15, 0.2) is 6.29 Å². The monoisotopic (exact) mass is 291 g/mol. The smallest absolute Gasteiger partial charge is 0.340 e. The van der Waals surface area contributed by atoms with Crippen molar-refractivity contribution in [2.24, 2.45) is 0 Å². The van der Waals surface area contributed by atoms with Crippen LogP contribution >= 0.6 is 27.5 Å². The highest BCUT2D eigenvalue weighted by Gasteiger charge is 2.19. The third-order valence-electron chi connectivity index (χ3n) is 1.62. The summed E-state index contributed by atoms with van der Waals surface area (Å²) in [5.74, 6) is -0.632. The van der Waals surface area contributed by atoms with Gasteiger partial charge in [-0.25, -0.2) is 9.78 Å². The third-order valence-corrected chi connectivity index (χ3v) is 2.54. The number of pyridine rings is 1. The molecule has 0 radical (unpaired) electrons. The number of aldehydes is 1. The Kier molecular flexibility index (Phi) is 4.23. The number of carbonyl (C=O) groups is 2. The van der Waals surface area contributed by atoms with E-state index in [2.05, 4.69) is 20.9 Å². The van der Waals surface area contributed by atoms with Gasteiger partial charge in [0.05, 0.1) is 22.8 Å². The molecule has 15 heavy (non-hydrogen) atoms. The number of carbonyl (C=O) groups excluding carboxylic acids is 2. The van der Waals surface area contributed by atoms with Gasteiger partial charge in [0, 0.05) is 6.20 Å². The summed E-state index contributed by atoms with van der Waals surface area (Å²) < 4.78 is 5.04. The molecule has 0 aromatic carbocycles. The first kappa shape index (κ1) is 12.1. The van der Waals surface area contributed by atoms with Crippen LogP contribution in [0.15, 0.2) is 10.8 Å². The fourth-order valence-corrected chi connectivity index (χ4v) is 1.62. The molecule has 0 saturated carbocycles. The van der Waals surface area contributed by atoms with Crippen molar-refractivity contribution in [3.63, 3.8) is 0 Å². The average Bonchev–Trinajstić information content (AvgIpc) is 2.21. The van der Waals surface area contributed by atoms with Crippen molar-refractivity contribution < 1.29 is 14.3 Å². The molecule has 0 aliphatic rings. The second-order valence-corrected chi connectivity index (χ2v) is 3.68. The van der Waals surface area contributed by atoms with E-state index in [1.807, 2.05) is 0 Å². The lowest BCUT2D eigenvalue weighted by molar-refractivity contribution is 0.0524. The maximum absolute atomic E-state index is 11.5. The fraction of sp³-hybridized carbons (Fsp3) is 0.222. The van der Waals surface area contributed by atoms with Crippen molar-refractivity contribution in [1.82, 2.24) is 4.98 Å². The van der Waals surface area contributed by atoms with Gasteiger partial charge in [0.2, 0.25) is 0 Å². The summed E-state index contributed by atoms with van der Waals surface area (Å²) in [4.78, 5) is 26.1. The molecule has 6 heteroatoms. The highest BCUT2D eigenvalue weighted by molar-refractivity contribution is 9.10. The molecule has 4 nitrogen and oxygen atoms in total. The van der Waals surface area contributed by atoms with E-state index < -0.39 is 5.97 Å². The first-order chi connectivity index (χ1) is 7.11. The van der Waals surface area contributed by atoms with E-state index in [9.17, 15) is 9.59 Å². The molecule has 0 saturated heterocycles. The van der Waals surface area contributed by atoms with E-state index in [1.165, 1.54) is 6.20 Å². The molecule has 1 heterocycles. The van der Waals surface area contributed by atoms with E-state index >= 15 is 0 Å². The maximum Gasteiger partial charge on any atom is 0.340 e. The quantitative estimate of drug-likeness (QED) is 0.488. The van der Waals surface area contributed by atoms with E-state index in [0.717, 1.165) is 0 Å². The van der Waals surface area contributed by atoms with Crippen LogP contribution in [0.3, 0.4) is 0 Å². The van der Waals surface area contributed by atoms with Gasteiger partial charge in [-0.15, -0.1) is 0 Å². The number of esters is 1. The van der Waals surface area contributed by atoms with Gasteiger partial charge in [-0.3, -0.25) is 4.79 Å². The molecule has 0 aliphatic carbocycles. The minimum Gasteiger partial charge on any atom is -0.462 e. The largest absolute Gasteiger partial charge is 0.462 e. The summed E-state index contributed by atoms with van der Waals surface area (Å²) in [6.45, 7) is 1.88. The summed E-state index contributed by atoms with van der Waals surface area (Å²) in [6.07, 6.45) is 1.79. The van der Waals surface area contributed by atoms with Gasteiger partial charge in [-0.1, -0.05) is 11.6 Å². The lowest BCUT2D eigenvalue weighted by Gasteiger charge is -2.07. The normalized spacial score (nSPS) is 9.80. The van der Waals surface area contributed by atoms with Gasteiger partial charge in [0.25, 0.3) is 0 Å². The third kappa shape index (κ3) is 2.54. The van der Waals surface area contributed by atoms with E-state index in [4.69, 9.17) is 16.3 Å². The summed E-state index contributed by atoms with van der Waals surface area (Å²) in [5.41, 5.74) is 0.136. The standard InChI is InChI=1S/C9H7BrClNO3/c1-2-15-9(14)7-5(4-13)8(10)12-3-6(7)11/h3-4H,2H2,1H3. The van der Waals surface area contributed by atoms with Crippen molar-refractivity contribution in [2.45, 2.75) is 6.92 Å².